The van der Waals surface area contributed by atoms with Gasteiger partial charge in [-0.2, -0.15) is 0 Å². The van der Waals surface area contributed by atoms with E-state index in [9.17, 15) is 13.2 Å². The van der Waals surface area contributed by atoms with Crippen LogP contribution in [0.1, 0.15) is 6.42 Å². The second-order valence-corrected chi connectivity index (χ2v) is 5.81. The summed E-state index contributed by atoms with van der Waals surface area (Å²) in [6.07, 6.45) is 1.20. The van der Waals surface area contributed by atoms with E-state index in [1.165, 1.54) is 18.2 Å². The molecule has 0 aliphatic carbocycles. The third kappa shape index (κ3) is 4.91. The monoisotopic (exact) mass is 291 g/mol. The summed E-state index contributed by atoms with van der Waals surface area (Å²) in [4.78, 5) is 11.4. The fourth-order valence-corrected chi connectivity index (χ4v) is 1.96. The average Bonchev–Trinajstić information content (AvgIpc) is 2.21. The first kappa shape index (κ1) is 14.7. The molecule has 0 aliphatic rings. The van der Waals surface area contributed by atoms with E-state index in [-0.39, 0.29) is 18.9 Å². The maximum Gasteiger partial charge on any atom is 0.229 e. The Bertz CT molecular complexity index is 545. The van der Waals surface area contributed by atoms with E-state index in [1.54, 1.807) is 0 Å². The molecule has 0 spiro atoms. The molecule has 0 heterocycles. The quantitative estimate of drug-likeness (QED) is 0.753. The van der Waals surface area contributed by atoms with Crippen molar-refractivity contribution in [2.75, 3.05) is 22.8 Å². The molecule has 0 atom stereocenters. The molecule has 8 heteroatoms. The Kier molecular flexibility index (Phi) is 4.94. The minimum Gasteiger partial charge on any atom is -0.330 e. The van der Waals surface area contributed by atoms with Gasteiger partial charge in [0.1, 0.15) is 0 Å². The number of nitrogens with two attached hydrogens (primary N) is 1. The van der Waals surface area contributed by atoms with Crippen LogP contribution < -0.4 is 15.8 Å². The van der Waals surface area contributed by atoms with Crippen molar-refractivity contribution in [2.24, 2.45) is 5.73 Å². The lowest BCUT2D eigenvalue weighted by atomic mass is 10.2. The Hall–Kier alpha value is -1.31. The van der Waals surface area contributed by atoms with Crippen LogP contribution in [0.25, 0.3) is 0 Å². The van der Waals surface area contributed by atoms with E-state index in [1.807, 2.05) is 0 Å². The average molecular weight is 292 g/mol. The number of hydrogen-bond acceptors (Lipinski definition) is 4. The first-order valence-electron chi connectivity index (χ1n) is 5.09. The van der Waals surface area contributed by atoms with Gasteiger partial charge in [0.25, 0.3) is 0 Å². The maximum atomic E-state index is 11.4. The van der Waals surface area contributed by atoms with Gasteiger partial charge in [-0.15, -0.1) is 0 Å². The highest BCUT2D eigenvalue weighted by atomic mass is 35.5. The van der Waals surface area contributed by atoms with Gasteiger partial charge in [-0.1, -0.05) is 11.6 Å². The molecular weight excluding hydrogens is 278 g/mol. The van der Waals surface area contributed by atoms with Gasteiger partial charge in [-0.25, -0.2) is 8.42 Å². The Morgan fingerprint density at radius 3 is 2.67 bits per heavy atom. The number of amides is 1. The highest BCUT2D eigenvalue weighted by Crippen LogP contribution is 2.26. The van der Waals surface area contributed by atoms with Crippen LogP contribution >= 0.6 is 11.6 Å². The zero-order chi connectivity index (χ0) is 13.8. The topological polar surface area (TPSA) is 101 Å². The summed E-state index contributed by atoms with van der Waals surface area (Å²) in [6.45, 7) is 0.227. The number of anilines is 2. The fourth-order valence-electron chi connectivity index (χ4n) is 1.24. The minimum atomic E-state index is -3.37. The Labute approximate surface area is 111 Å². The van der Waals surface area contributed by atoms with Crippen molar-refractivity contribution in [1.82, 2.24) is 0 Å². The van der Waals surface area contributed by atoms with Gasteiger partial charge in [0.05, 0.1) is 22.7 Å². The first-order valence-corrected chi connectivity index (χ1v) is 7.36. The van der Waals surface area contributed by atoms with Crippen molar-refractivity contribution in [2.45, 2.75) is 6.42 Å². The Morgan fingerprint density at radius 1 is 1.44 bits per heavy atom. The van der Waals surface area contributed by atoms with E-state index in [4.69, 9.17) is 17.3 Å². The van der Waals surface area contributed by atoms with Crippen molar-refractivity contribution in [3.63, 3.8) is 0 Å². The molecule has 0 bridgehead atoms. The highest BCUT2D eigenvalue weighted by Gasteiger charge is 2.08. The molecule has 0 aromatic heterocycles. The molecule has 0 radical (unpaired) electrons. The minimum absolute atomic E-state index is 0.167. The van der Waals surface area contributed by atoms with E-state index >= 15 is 0 Å². The maximum absolute atomic E-state index is 11.4. The molecular formula is C10H14ClN3O3S. The third-order valence-corrected chi connectivity index (χ3v) is 2.85. The fraction of sp³-hybridized carbons (Fsp3) is 0.300. The molecule has 0 saturated carbocycles. The zero-order valence-corrected chi connectivity index (χ0v) is 11.3. The van der Waals surface area contributed by atoms with E-state index in [2.05, 4.69) is 10.0 Å². The zero-order valence-electron chi connectivity index (χ0n) is 9.73. The molecule has 1 aromatic carbocycles. The van der Waals surface area contributed by atoms with Gasteiger partial charge >= 0.3 is 0 Å². The smallest absolute Gasteiger partial charge is 0.229 e. The second kappa shape index (κ2) is 6.03. The molecule has 0 unspecified atom stereocenters. The number of sulfonamides is 1. The Morgan fingerprint density at radius 2 is 2.11 bits per heavy atom. The van der Waals surface area contributed by atoms with Crippen LogP contribution in [0.2, 0.25) is 5.02 Å². The lowest BCUT2D eigenvalue weighted by Crippen LogP contribution is -2.16. The lowest BCUT2D eigenvalue weighted by molar-refractivity contribution is -0.116. The molecule has 1 amide bonds. The molecule has 1 aromatic rings. The van der Waals surface area contributed by atoms with Gasteiger partial charge in [-0.3, -0.25) is 9.52 Å². The van der Waals surface area contributed by atoms with Crippen LogP contribution in [-0.2, 0) is 14.8 Å². The molecule has 0 fully saturated rings. The van der Waals surface area contributed by atoms with Crippen molar-refractivity contribution < 1.29 is 13.2 Å². The number of hydrogen-bond donors (Lipinski definition) is 3. The van der Waals surface area contributed by atoms with Crippen LogP contribution in [0.3, 0.4) is 0 Å². The van der Waals surface area contributed by atoms with Crippen LogP contribution in [0.5, 0.6) is 0 Å². The predicted molar refractivity (Wildman–Crippen MR) is 72.2 cm³/mol. The number of benzene rings is 1. The first-order chi connectivity index (χ1) is 8.31. The van der Waals surface area contributed by atoms with Crippen molar-refractivity contribution in [3.8, 4) is 0 Å². The van der Waals surface area contributed by atoms with Crippen molar-refractivity contribution in [3.05, 3.63) is 23.2 Å². The predicted octanol–water partition coefficient (Wildman–Crippen LogP) is 0.999. The van der Waals surface area contributed by atoms with E-state index < -0.39 is 10.0 Å². The summed E-state index contributed by atoms with van der Waals surface area (Å²) in [6, 6.07) is 4.44. The van der Waals surface area contributed by atoms with Crippen LogP contribution in [-0.4, -0.2) is 27.1 Å². The van der Waals surface area contributed by atoms with Gasteiger partial charge in [0, 0.05) is 13.0 Å². The van der Waals surface area contributed by atoms with E-state index in [0.717, 1.165) is 6.26 Å². The number of halogens is 1. The molecule has 4 N–H and O–H groups in total. The second-order valence-electron chi connectivity index (χ2n) is 3.66. The summed E-state index contributed by atoms with van der Waals surface area (Å²) >= 11 is 5.89. The Balaban J connectivity index is 2.91. The van der Waals surface area contributed by atoms with Crippen LogP contribution in [0.15, 0.2) is 18.2 Å². The van der Waals surface area contributed by atoms with Gasteiger partial charge in [0.15, 0.2) is 0 Å². The molecule has 0 saturated heterocycles. The van der Waals surface area contributed by atoms with Gasteiger partial charge in [0.2, 0.25) is 15.9 Å². The number of carbonyl (C=O) groups excluding carboxylic acids is 1. The molecule has 6 nitrogen and oxygen atoms in total. The van der Waals surface area contributed by atoms with Gasteiger partial charge < -0.3 is 11.1 Å². The summed E-state index contributed by atoms with van der Waals surface area (Å²) in [7, 11) is -3.37. The molecule has 100 valence electrons. The van der Waals surface area contributed by atoms with Crippen molar-refractivity contribution >= 4 is 38.9 Å². The van der Waals surface area contributed by atoms with Gasteiger partial charge in [-0.05, 0) is 18.2 Å². The number of rotatable bonds is 5. The van der Waals surface area contributed by atoms with Crippen LogP contribution in [0, 0.1) is 0 Å². The highest BCUT2D eigenvalue weighted by molar-refractivity contribution is 7.92. The van der Waals surface area contributed by atoms with E-state index in [0.29, 0.717) is 16.4 Å². The molecule has 0 aliphatic heterocycles. The van der Waals surface area contributed by atoms with Crippen molar-refractivity contribution in [1.29, 1.82) is 0 Å². The molecule has 18 heavy (non-hydrogen) atoms. The van der Waals surface area contributed by atoms with Crippen LogP contribution in [0.4, 0.5) is 11.4 Å². The number of carbonyl (C=O) groups is 1. The standard InChI is InChI=1S/C10H14ClN3O3S/c1-18(16,17)14-7-2-3-8(11)9(6-7)13-10(15)4-5-12/h2-3,6,14H,4-5,12H2,1H3,(H,13,15). The summed E-state index contributed by atoms with van der Waals surface area (Å²) in [5.41, 5.74) is 5.91. The largest absolute Gasteiger partial charge is 0.330 e. The number of nitrogens with one attached hydrogen (secondary N) is 2. The summed E-state index contributed by atoms with van der Waals surface area (Å²) < 4.78 is 24.4. The normalized spacial score (nSPS) is 11.1. The summed E-state index contributed by atoms with van der Waals surface area (Å²) in [5, 5.41) is 2.87. The summed E-state index contributed by atoms with van der Waals surface area (Å²) in [5.74, 6) is -0.282. The lowest BCUT2D eigenvalue weighted by Gasteiger charge is -2.10. The molecule has 1 rings (SSSR count). The SMILES string of the molecule is CS(=O)(=O)Nc1ccc(Cl)c(NC(=O)CCN)c1. The third-order valence-electron chi connectivity index (χ3n) is 1.92.